The monoisotopic (exact) mass is 526 g/mol. The zero-order valence-electron chi connectivity index (χ0n) is 22.7. The molecule has 9 heteroatoms. The van der Waals surface area contributed by atoms with E-state index in [1.54, 1.807) is 28.4 Å². The fourth-order valence-corrected chi connectivity index (χ4v) is 5.03. The van der Waals surface area contributed by atoms with Crippen LogP contribution >= 0.6 is 0 Å². The Hall–Kier alpha value is -4.40. The van der Waals surface area contributed by atoms with Gasteiger partial charge in [-0.05, 0) is 36.6 Å². The lowest BCUT2D eigenvalue weighted by molar-refractivity contribution is -0.140. The molecule has 1 saturated heterocycles. The molecule has 5 rings (SSSR count). The predicted octanol–water partition coefficient (Wildman–Crippen LogP) is 3.87. The van der Waals surface area contributed by atoms with Crippen LogP contribution in [0.15, 0.2) is 73.2 Å². The Morgan fingerprint density at radius 2 is 1.74 bits per heavy atom. The van der Waals surface area contributed by atoms with E-state index in [1.807, 2.05) is 86.9 Å². The molecule has 4 aromatic rings. The zero-order valence-corrected chi connectivity index (χ0v) is 22.7. The highest BCUT2D eigenvalue weighted by molar-refractivity contribution is 6.00. The summed E-state index contributed by atoms with van der Waals surface area (Å²) in [6.45, 7) is 8.90. The first-order valence-electron chi connectivity index (χ1n) is 13.2. The average molecular weight is 527 g/mol. The van der Waals surface area contributed by atoms with Gasteiger partial charge in [-0.25, -0.2) is 4.98 Å². The normalized spacial score (nSPS) is 16.8. The van der Waals surface area contributed by atoms with E-state index in [0.29, 0.717) is 31.0 Å². The van der Waals surface area contributed by atoms with Gasteiger partial charge < -0.3 is 24.7 Å². The number of amides is 3. The summed E-state index contributed by atoms with van der Waals surface area (Å²) in [6, 6.07) is 18.2. The highest BCUT2D eigenvalue weighted by Gasteiger charge is 2.40. The van der Waals surface area contributed by atoms with Crippen molar-refractivity contribution in [2.75, 3.05) is 19.6 Å². The highest BCUT2D eigenvalue weighted by atomic mass is 16.2. The number of carbonyl (C=O) groups is 3. The van der Waals surface area contributed by atoms with Crippen LogP contribution in [-0.2, 0) is 4.79 Å². The standard InChI is InChI=1S/C30H34N6O3/c1-20-17-34(28(38)25-18-35(19-31-25)22-11-6-5-7-12-22)14-15-36(20)29(39)26(30(2,3)4)33-27(37)24-16-21-10-8-9-13-23(21)32-24/h5-13,16,18-20,26,32H,14-15,17H2,1-4H3,(H,33,37)/t20-,26-/m1/s1. The Morgan fingerprint density at radius 3 is 2.44 bits per heavy atom. The number of hydrogen-bond acceptors (Lipinski definition) is 4. The lowest BCUT2D eigenvalue weighted by Gasteiger charge is -2.43. The minimum atomic E-state index is -0.734. The number of fused-ring (bicyclic) bond motifs is 1. The van der Waals surface area contributed by atoms with E-state index >= 15 is 0 Å². The molecular weight excluding hydrogens is 492 g/mol. The largest absolute Gasteiger partial charge is 0.351 e. The van der Waals surface area contributed by atoms with Crippen LogP contribution in [0.25, 0.3) is 16.6 Å². The molecular formula is C30H34N6O3. The molecule has 202 valence electrons. The second kappa shape index (κ2) is 10.4. The summed E-state index contributed by atoms with van der Waals surface area (Å²) in [5.41, 5.74) is 2.05. The van der Waals surface area contributed by atoms with Crippen molar-refractivity contribution in [1.29, 1.82) is 0 Å². The molecule has 0 radical (unpaired) electrons. The van der Waals surface area contributed by atoms with Gasteiger partial charge in [-0.1, -0.05) is 57.2 Å². The van der Waals surface area contributed by atoms with Crippen molar-refractivity contribution in [3.8, 4) is 5.69 Å². The summed E-state index contributed by atoms with van der Waals surface area (Å²) in [7, 11) is 0. The van der Waals surface area contributed by atoms with Crippen LogP contribution in [0.1, 0.15) is 48.7 Å². The molecule has 0 spiro atoms. The zero-order chi connectivity index (χ0) is 27.7. The summed E-state index contributed by atoms with van der Waals surface area (Å²) in [6.07, 6.45) is 3.37. The minimum absolute atomic E-state index is 0.153. The van der Waals surface area contributed by atoms with Gasteiger partial charge >= 0.3 is 0 Å². The Bertz CT molecular complexity index is 1470. The van der Waals surface area contributed by atoms with Gasteiger partial charge in [0.05, 0.1) is 0 Å². The second-order valence-electron chi connectivity index (χ2n) is 11.2. The summed E-state index contributed by atoms with van der Waals surface area (Å²) >= 11 is 0. The van der Waals surface area contributed by atoms with Crippen molar-refractivity contribution < 1.29 is 14.4 Å². The highest BCUT2D eigenvalue weighted by Crippen LogP contribution is 2.25. The molecule has 39 heavy (non-hydrogen) atoms. The van der Waals surface area contributed by atoms with Crippen LogP contribution in [0.2, 0.25) is 0 Å². The first kappa shape index (κ1) is 26.2. The van der Waals surface area contributed by atoms with Crippen LogP contribution in [0.5, 0.6) is 0 Å². The summed E-state index contributed by atoms with van der Waals surface area (Å²) in [5.74, 6) is -0.641. The fourth-order valence-electron chi connectivity index (χ4n) is 5.03. The van der Waals surface area contributed by atoms with Gasteiger partial charge in [-0.3, -0.25) is 14.4 Å². The van der Waals surface area contributed by atoms with Gasteiger partial charge in [0.2, 0.25) is 5.91 Å². The van der Waals surface area contributed by atoms with Crippen LogP contribution in [-0.4, -0.2) is 73.8 Å². The van der Waals surface area contributed by atoms with Gasteiger partial charge in [0, 0.05) is 48.5 Å². The molecule has 2 aromatic heterocycles. The first-order chi connectivity index (χ1) is 18.6. The smallest absolute Gasteiger partial charge is 0.274 e. The maximum Gasteiger partial charge on any atom is 0.274 e. The number of benzene rings is 2. The summed E-state index contributed by atoms with van der Waals surface area (Å²) in [4.78, 5) is 51.1. The van der Waals surface area contributed by atoms with Gasteiger partial charge in [-0.2, -0.15) is 0 Å². The van der Waals surface area contributed by atoms with Crippen molar-refractivity contribution in [2.45, 2.75) is 39.8 Å². The molecule has 1 aliphatic rings. The molecule has 0 unspecified atom stereocenters. The minimum Gasteiger partial charge on any atom is -0.351 e. The number of H-pyrrole nitrogens is 1. The molecule has 0 saturated carbocycles. The van der Waals surface area contributed by atoms with Crippen molar-refractivity contribution in [1.82, 2.24) is 29.7 Å². The van der Waals surface area contributed by atoms with E-state index in [9.17, 15) is 14.4 Å². The molecule has 9 nitrogen and oxygen atoms in total. The van der Waals surface area contributed by atoms with E-state index < -0.39 is 11.5 Å². The summed E-state index contributed by atoms with van der Waals surface area (Å²) < 4.78 is 1.82. The van der Waals surface area contributed by atoms with Crippen LogP contribution in [0, 0.1) is 5.41 Å². The third-order valence-electron chi connectivity index (χ3n) is 7.22. The Morgan fingerprint density at radius 1 is 1.03 bits per heavy atom. The lowest BCUT2D eigenvalue weighted by Crippen LogP contribution is -2.62. The van der Waals surface area contributed by atoms with Crippen molar-refractivity contribution >= 4 is 28.6 Å². The van der Waals surface area contributed by atoms with Crippen LogP contribution < -0.4 is 5.32 Å². The number of nitrogens with one attached hydrogen (secondary N) is 2. The third kappa shape index (κ3) is 5.43. The molecule has 3 amide bonds. The van der Waals surface area contributed by atoms with E-state index in [1.165, 1.54) is 0 Å². The molecule has 1 aliphatic heterocycles. The number of carbonyl (C=O) groups excluding carboxylic acids is 3. The Labute approximate surface area is 227 Å². The molecule has 2 N–H and O–H groups in total. The van der Waals surface area contributed by atoms with E-state index in [-0.39, 0.29) is 23.8 Å². The number of hydrogen-bond donors (Lipinski definition) is 2. The van der Waals surface area contributed by atoms with Gasteiger partial charge in [0.25, 0.3) is 11.8 Å². The first-order valence-corrected chi connectivity index (χ1v) is 13.2. The van der Waals surface area contributed by atoms with Crippen molar-refractivity contribution in [3.63, 3.8) is 0 Å². The number of para-hydroxylation sites is 2. The average Bonchev–Trinajstić information content (AvgIpc) is 3.58. The molecule has 2 atom stereocenters. The molecule has 0 aliphatic carbocycles. The number of rotatable bonds is 5. The van der Waals surface area contributed by atoms with Gasteiger partial charge in [0.1, 0.15) is 23.8 Å². The number of aromatic amines is 1. The van der Waals surface area contributed by atoms with E-state index in [4.69, 9.17) is 0 Å². The van der Waals surface area contributed by atoms with E-state index in [2.05, 4.69) is 15.3 Å². The summed E-state index contributed by atoms with van der Waals surface area (Å²) in [5, 5.41) is 3.91. The quantitative estimate of drug-likeness (QED) is 0.412. The molecule has 3 heterocycles. The topological polar surface area (TPSA) is 103 Å². The third-order valence-corrected chi connectivity index (χ3v) is 7.22. The van der Waals surface area contributed by atoms with E-state index in [0.717, 1.165) is 16.6 Å². The number of nitrogens with zero attached hydrogens (tertiary/aromatic N) is 4. The number of piperazine rings is 1. The van der Waals surface area contributed by atoms with Gasteiger partial charge in [0.15, 0.2) is 0 Å². The second-order valence-corrected chi connectivity index (χ2v) is 11.2. The molecule has 2 aromatic carbocycles. The van der Waals surface area contributed by atoms with Crippen molar-refractivity contribution in [2.24, 2.45) is 5.41 Å². The predicted molar refractivity (Wildman–Crippen MR) is 150 cm³/mol. The Kier molecular flexibility index (Phi) is 6.99. The fraction of sp³-hybridized carbons (Fsp3) is 0.333. The lowest BCUT2D eigenvalue weighted by atomic mass is 9.85. The maximum atomic E-state index is 13.8. The van der Waals surface area contributed by atoms with Crippen LogP contribution in [0.4, 0.5) is 0 Å². The van der Waals surface area contributed by atoms with Crippen LogP contribution in [0.3, 0.4) is 0 Å². The number of aromatic nitrogens is 3. The van der Waals surface area contributed by atoms with Gasteiger partial charge in [-0.15, -0.1) is 0 Å². The molecule has 1 fully saturated rings. The SMILES string of the molecule is C[C@@H]1CN(C(=O)c2cn(-c3ccccc3)cn2)CCN1C(=O)[C@@H](NC(=O)c1cc2ccccc2[nH]1)C(C)(C)C. The molecule has 0 bridgehead atoms. The number of imidazole rings is 1. The Balaban J connectivity index is 1.26. The van der Waals surface area contributed by atoms with Crippen molar-refractivity contribution in [3.05, 3.63) is 84.6 Å². The maximum absolute atomic E-state index is 13.8.